The number of hydrogen-bond donors (Lipinski definition) is 1. The van der Waals surface area contributed by atoms with Crippen LogP contribution in [-0.4, -0.2) is 25.4 Å². The van der Waals surface area contributed by atoms with Gasteiger partial charge in [-0.2, -0.15) is 0 Å². The van der Waals surface area contributed by atoms with Crippen LogP contribution in [0.2, 0.25) is 0 Å². The van der Waals surface area contributed by atoms with Crippen LogP contribution in [0.1, 0.15) is 43.4 Å². The van der Waals surface area contributed by atoms with E-state index in [0.29, 0.717) is 12.1 Å². The zero-order valence-electron chi connectivity index (χ0n) is 13.2. The molecule has 1 heterocycles. The van der Waals surface area contributed by atoms with Gasteiger partial charge in [0.15, 0.2) is 0 Å². The van der Waals surface area contributed by atoms with Gasteiger partial charge in [-0.3, -0.25) is 0 Å². The van der Waals surface area contributed by atoms with E-state index in [1.54, 1.807) is 0 Å². The summed E-state index contributed by atoms with van der Waals surface area (Å²) in [6.07, 6.45) is 2.30. The summed E-state index contributed by atoms with van der Waals surface area (Å²) in [4.78, 5) is 0. The Balaban J connectivity index is 2.05. The summed E-state index contributed by atoms with van der Waals surface area (Å²) in [5.41, 5.74) is 3.79. The van der Waals surface area contributed by atoms with Crippen LogP contribution in [0, 0.1) is 13.8 Å². The van der Waals surface area contributed by atoms with Crippen LogP contribution >= 0.6 is 0 Å². The topological polar surface area (TPSA) is 30.5 Å². The fourth-order valence-electron chi connectivity index (χ4n) is 2.61. The minimum Gasteiger partial charge on any atom is -0.490 e. The van der Waals surface area contributed by atoms with Gasteiger partial charge in [0, 0.05) is 25.4 Å². The molecule has 0 bridgehead atoms. The van der Waals surface area contributed by atoms with E-state index in [1.165, 1.54) is 16.7 Å². The number of benzene rings is 1. The van der Waals surface area contributed by atoms with Crippen LogP contribution in [-0.2, 0) is 11.3 Å². The van der Waals surface area contributed by atoms with Crippen LogP contribution in [0.15, 0.2) is 12.1 Å². The highest BCUT2D eigenvalue weighted by Gasteiger charge is 2.17. The Labute approximate surface area is 122 Å². The van der Waals surface area contributed by atoms with E-state index in [0.717, 1.165) is 38.3 Å². The fraction of sp³-hybridized carbons (Fsp3) is 0.647. The molecule has 1 N–H and O–H groups in total. The van der Waals surface area contributed by atoms with Crippen molar-refractivity contribution >= 4 is 0 Å². The summed E-state index contributed by atoms with van der Waals surface area (Å²) in [5, 5.41) is 3.46. The lowest BCUT2D eigenvalue weighted by atomic mass is 10.0. The first-order valence-corrected chi connectivity index (χ1v) is 7.64. The van der Waals surface area contributed by atoms with Gasteiger partial charge in [0.1, 0.15) is 11.9 Å². The van der Waals surface area contributed by atoms with Crippen molar-refractivity contribution in [1.29, 1.82) is 0 Å². The maximum Gasteiger partial charge on any atom is 0.125 e. The van der Waals surface area contributed by atoms with Crippen LogP contribution < -0.4 is 10.1 Å². The van der Waals surface area contributed by atoms with Gasteiger partial charge < -0.3 is 14.8 Å². The van der Waals surface area contributed by atoms with E-state index in [-0.39, 0.29) is 0 Å². The van der Waals surface area contributed by atoms with Crippen molar-refractivity contribution in [3.63, 3.8) is 0 Å². The van der Waals surface area contributed by atoms with Crippen molar-refractivity contribution in [2.75, 3.05) is 13.2 Å². The van der Waals surface area contributed by atoms with Crippen molar-refractivity contribution < 1.29 is 9.47 Å². The number of hydrogen-bond acceptors (Lipinski definition) is 3. The lowest BCUT2D eigenvalue weighted by Gasteiger charge is -2.25. The zero-order chi connectivity index (χ0) is 14.5. The minimum atomic E-state index is 0.306. The van der Waals surface area contributed by atoms with Crippen molar-refractivity contribution in [2.24, 2.45) is 0 Å². The molecule has 112 valence electrons. The molecule has 1 aliphatic heterocycles. The van der Waals surface area contributed by atoms with Crippen molar-refractivity contribution in [3.8, 4) is 5.75 Å². The van der Waals surface area contributed by atoms with Gasteiger partial charge in [-0.15, -0.1) is 0 Å². The Kier molecular flexibility index (Phi) is 5.44. The second-order valence-corrected chi connectivity index (χ2v) is 6.02. The maximum atomic E-state index is 6.20. The van der Waals surface area contributed by atoms with Crippen LogP contribution in [0.25, 0.3) is 0 Å². The molecule has 1 aromatic carbocycles. The van der Waals surface area contributed by atoms with E-state index in [2.05, 4.69) is 45.1 Å². The Morgan fingerprint density at radius 3 is 2.35 bits per heavy atom. The molecule has 0 aromatic heterocycles. The Morgan fingerprint density at radius 1 is 1.20 bits per heavy atom. The molecule has 1 fully saturated rings. The van der Waals surface area contributed by atoms with Gasteiger partial charge in [0.2, 0.25) is 0 Å². The number of nitrogens with one attached hydrogen (secondary N) is 1. The predicted octanol–water partition coefficient (Wildman–Crippen LogP) is 3.36. The van der Waals surface area contributed by atoms with Crippen molar-refractivity contribution in [2.45, 2.75) is 59.2 Å². The molecular weight excluding hydrogens is 250 g/mol. The summed E-state index contributed by atoms with van der Waals surface area (Å²) < 4.78 is 11.6. The average molecular weight is 277 g/mol. The molecule has 0 amide bonds. The largest absolute Gasteiger partial charge is 0.490 e. The first-order valence-electron chi connectivity index (χ1n) is 7.64. The lowest BCUT2D eigenvalue weighted by Crippen LogP contribution is -2.26. The van der Waals surface area contributed by atoms with Crippen LogP contribution in [0.3, 0.4) is 0 Å². The number of aryl methyl sites for hydroxylation is 2. The maximum absolute atomic E-state index is 6.20. The van der Waals surface area contributed by atoms with E-state index >= 15 is 0 Å². The van der Waals surface area contributed by atoms with E-state index in [4.69, 9.17) is 9.47 Å². The normalized spacial score (nSPS) is 16.6. The summed E-state index contributed by atoms with van der Waals surface area (Å²) in [5.74, 6) is 1.06. The Bertz CT molecular complexity index is 414. The molecule has 0 spiro atoms. The monoisotopic (exact) mass is 277 g/mol. The lowest BCUT2D eigenvalue weighted by molar-refractivity contribution is 0.0250. The van der Waals surface area contributed by atoms with Crippen molar-refractivity contribution in [1.82, 2.24) is 5.32 Å². The third kappa shape index (κ3) is 4.22. The van der Waals surface area contributed by atoms with E-state index < -0.39 is 0 Å². The van der Waals surface area contributed by atoms with E-state index in [1.807, 2.05) is 0 Å². The van der Waals surface area contributed by atoms with Crippen LogP contribution in [0.5, 0.6) is 5.75 Å². The molecule has 2 rings (SSSR count). The molecule has 3 nitrogen and oxygen atoms in total. The molecule has 0 aliphatic carbocycles. The summed E-state index contributed by atoms with van der Waals surface area (Å²) in [7, 11) is 0. The molecule has 3 heteroatoms. The molecule has 0 unspecified atom stereocenters. The molecule has 20 heavy (non-hydrogen) atoms. The van der Waals surface area contributed by atoms with Gasteiger partial charge in [0.25, 0.3) is 0 Å². The van der Waals surface area contributed by atoms with E-state index in [9.17, 15) is 0 Å². The van der Waals surface area contributed by atoms with Gasteiger partial charge in [-0.25, -0.2) is 0 Å². The highest BCUT2D eigenvalue weighted by atomic mass is 16.5. The van der Waals surface area contributed by atoms with Gasteiger partial charge >= 0.3 is 0 Å². The van der Waals surface area contributed by atoms with Gasteiger partial charge in [-0.1, -0.05) is 26.0 Å². The molecule has 0 saturated carbocycles. The quantitative estimate of drug-likeness (QED) is 0.895. The molecule has 1 saturated heterocycles. The first kappa shape index (κ1) is 15.3. The molecule has 0 atom stereocenters. The average Bonchev–Trinajstić information content (AvgIpc) is 2.42. The smallest absolute Gasteiger partial charge is 0.125 e. The van der Waals surface area contributed by atoms with Gasteiger partial charge in [-0.05, 0) is 30.5 Å². The molecule has 1 aromatic rings. The predicted molar refractivity (Wildman–Crippen MR) is 82.4 cm³/mol. The summed E-state index contributed by atoms with van der Waals surface area (Å²) >= 11 is 0. The minimum absolute atomic E-state index is 0.306. The van der Waals surface area contributed by atoms with Crippen molar-refractivity contribution in [3.05, 3.63) is 28.8 Å². The highest BCUT2D eigenvalue weighted by Crippen LogP contribution is 2.27. The SMILES string of the molecule is Cc1cc(CNC(C)C)cc(C)c1OC1CCOCC1. The Hall–Kier alpha value is -1.06. The first-order chi connectivity index (χ1) is 9.56. The second kappa shape index (κ2) is 7.09. The summed E-state index contributed by atoms with van der Waals surface area (Å²) in [6.45, 7) is 11.2. The van der Waals surface area contributed by atoms with Crippen LogP contribution in [0.4, 0.5) is 0 Å². The molecule has 1 aliphatic rings. The zero-order valence-corrected chi connectivity index (χ0v) is 13.2. The highest BCUT2D eigenvalue weighted by molar-refractivity contribution is 5.43. The third-order valence-electron chi connectivity index (χ3n) is 3.69. The number of ether oxygens (including phenoxy) is 2. The number of rotatable bonds is 5. The third-order valence-corrected chi connectivity index (χ3v) is 3.69. The fourth-order valence-corrected chi connectivity index (χ4v) is 2.61. The summed E-state index contributed by atoms with van der Waals surface area (Å²) in [6, 6.07) is 4.97. The molecular formula is C17H27NO2. The Morgan fingerprint density at radius 2 is 1.80 bits per heavy atom. The molecule has 0 radical (unpaired) electrons. The van der Waals surface area contributed by atoms with Gasteiger partial charge in [0.05, 0.1) is 13.2 Å². The second-order valence-electron chi connectivity index (χ2n) is 6.02. The standard InChI is InChI=1S/C17H27NO2/c1-12(2)18-11-15-9-13(3)17(14(4)10-15)20-16-5-7-19-8-6-16/h9-10,12,16,18H,5-8,11H2,1-4H3.